The third-order valence-corrected chi connectivity index (χ3v) is 8.60. The summed E-state index contributed by atoms with van der Waals surface area (Å²) >= 11 is 0. The zero-order valence-electron chi connectivity index (χ0n) is 26.8. The third-order valence-electron chi connectivity index (χ3n) is 8.60. The van der Waals surface area contributed by atoms with Gasteiger partial charge in [0.25, 0.3) is 0 Å². The van der Waals surface area contributed by atoms with Gasteiger partial charge in [-0.15, -0.1) is 0 Å². The number of aliphatic imine (C=N–C) groups is 1. The van der Waals surface area contributed by atoms with Crippen molar-refractivity contribution in [3.63, 3.8) is 0 Å². The number of amides is 2. The molecule has 0 bridgehead atoms. The molecule has 0 radical (unpaired) electrons. The Kier molecular flexibility index (Phi) is 9.30. The van der Waals surface area contributed by atoms with Crippen molar-refractivity contribution >= 4 is 23.9 Å². The third kappa shape index (κ3) is 7.95. The molecule has 1 aromatic carbocycles. The lowest BCUT2D eigenvalue weighted by molar-refractivity contribution is -0.0863. The molecule has 10 heteroatoms. The number of hydrogen-bond donors (Lipinski definition) is 4. The molecule has 2 amide bonds. The number of hydrogen-bond acceptors (Lipinski definition) is 8. The highest BCUT2D eigenvalue weighted by atomic mass is 16.6. The fourth-order valence-electron chi connectivity index (χ4n) is 7.09. The zero-order chi connectivity index (χ0) is 31.8. The van der Waals surface area contributed by atoms with Gasteiger partial charge in [0.2, 0.25) is 5.96 Å². The molecule has 5 unspecified atom stereocenters. The highest BCUT2D eigenvalue weighted by Gasteiger charge is 2.58. The topological polar surface area (TPSA) is 147 Å². The first-order valence-corrected chi connectivity index (χ1v) is 14.8. The number of phenols is 2. The summed E-state index contributed by atoms with van der Waals surface area (Å²) in [7, 11) is 0. The molecule has 0 heterocycles. The zero-order valence-corrected chi connectivity index (χ0v) is 26.8. The average Bonchev–Trinajstić information content (AvgIpc) is 2.76. The lowest BCUT2D eigenvalue weighted by atomic mass is 9.45. The number of carbonyl (C=O) groups is 3. The van der Waals surface area contributed by atoms with Crippen LogP contribution in [0.25, 0.3) is 0 Å². The number of ether oxygens (including phenoxy) is 2. The molecule has 3 rings (SSSR count). The van der Waals surface area contributed by atoms with Crippen molar-refractivity contribution in [2.45, 2.75) is 112 Å². The van der Waals surface area contributed by atoms with E-state index >= 15 is 0 Å². The second-order valence-corrected chi connectivity index (χ2v) is 14.9. The summed E-state index contributed by atoms with van der Waals surface area (Å²) in [5.74, 6) is -1.40. The van der Waals surface area contributed by atoms with E-state index in [1.165, 1.54) is 18.2 Å². The number of aromatic hydroxyl groups is 2. The van der Waals surface area contributed by atoms with E-state index in [0.717, 1.165) is 19.3 Å². The van der Waals surface area contributed by atoms with Crippen molar-refractivity contribution in [2.24, 2.45) is 33.6 Å². The molecule has 5 atom stereocenters. The summed E-state index contributed by atoms with van der Waals surface area (Å²) in [6.45, 7) is 18.9. The fraction of sp³-hybridized carbons (Fsp3) is 0.688. The van der Waals surface area contributed by atoms with Crippen LogP contribution in [0.3, 0.4) is 0 Å². The highest BCUT2D eigenvalue weighted by Crippen LogP contribution is 2.62. The van der Waals surface area contributed by atoms with Crippen LogP contribution < -0.4 is 10.6 Å². The molecule has 0 aliphatic heterocycles. The van der Waals surface area contributed by atoms with E-state index in [1.807, 2.05) is 6.92 Å². The Hall–Kier alpha value is -3.30. The molecule has 42 heavy (non-hydrogen) atoms. The monoisotopic (exact) mass is 587 g/mol. The van der Waals surface area contributed by atoms with Gasteiger partial charge in [-0.2, -0.15) is 0 Å². The van der Waals surface area contributed by atoms with Gasteiger partial charge >= 0.3 is 12.2 Å². The van der Waals surface area contributed by atoms with Crippen LogP contribution in [-0.4, -0.2) is 51.4 Å². The first kappa shape index (κ1) is 33.2. The SMILES string of the molecule is CC1C(N=C(NC(=O)OC(C)(C)C)NC(=O)OC(C)(C)C)CC2C(C)(C)CCCC2(C)C1C(=O)c1cc(O)cc(O)c1. The van der Waals surface area contributed by atoms with E-state index in [4.69, 9.17) is 14.5 Å². The van der Waals surface area contributed by atoms with Crippen molar-refractivity contribution in [1.29, 1.82) is 0 Å². The van der Waals surface area contributed by atoms with Gasteiger partial charge in [0.1, 0.15) is 22.7 Å². The minimum atomic E-state index is -0.786. The Balaban J connectivity index is 2.08. The van der Waals surface area contributed by atoms with Crippen molar-refractivity contribution < 1.29 is 34.1 Å². The van der Waals surface area contributed by atoms with Crippen LogP contribution in [0, 0.1) is 28.6 Å². The summed E-state index contributed by atoms with van der Waals surface area (Å²) in [6.07, 6.45) is 1.88. The maximum absolute atomic E-state index is 14.2. The van der Waals surface area contributed by atoms with Gasteiger partial charge < -0.3 is 19.7 Å². The van der Waals surface area contributed by atoms with Crippen LogP contribution in [0.1, 0.15) is 105 Å². The number of phenolic OH excluding ortho intramolecular Hbond substituents is 2. The number of fused-ring (bicyclic) bond motifs is 1. The Morgan fingerprint density at radius 3 is 1.86 bits per heavy atom. The Morgan fingerprint density at radius 2 is 1.38 bits per heavy atom. The quantitative estimate of drug-likeness (QED) is 0.178. The molecule has 4 N–H and O–H groups in total. The van der Waals surface area contributed by atoms with Gasteiger partial charge in [0, 0.05) is 17.5 Å². The van der Waals surface area contributed by atoms with E-state index in [2.05, 4.69) is 31.4 Å². The summed E-state index contributed by atoms with van der Waals surface area (Å²) < 4.78 is 10.8. The van der Waals surface area contributed by atoms with Gasteiger partial charge in [0.05, 0.1) is 6.04 Å². The van der Waals surface area contributed by atoms with Crippen LogP contribution in [0.5, 0.6) is 11.5 Å². The van der Waals surface area contributed by atoms with E-state index in [0.29, 0.717) is 6.42 Å². The maximum atomic E-state index is 14.2. The molecule has 2 aliphatic rings. The van der Waals surface area contributed by atoms with Gasteiger partial charge in [-0.1, -0.05) is 34.1 Å². The number of Topliss-reactive ketones (excluding diaryl/α,β-unsaturated/α-hetero) is 1. The minimum Gasteiger partial charge on any atom is -0.508 e. The molecule has 10 nitrogen and oxygen atoms in total. The number of guanidine groups is 1. The number of rotatable bonds is 3. The van der Waals surface area contributed by atoms with Gasteiger partial charge in [-0.25, -0.2) is 14.6 Å². The normalized spacial score (nSPS) is 27.2. The van der Waals surface area contributed by atoms with E-state index in [-0.39, 0.29) is 51.5 Å². The number of carbonyl (C=O) groups excluding carboxylic acids is 3. The van der Waals surface area contributed by atoms with Crippen molar-refractivity contribution in [1.82, 2.24) is 10.6 Å². The molecular formula is C32H49N3O7. The van der Waals surface area contributed by atoms with Gasteiger partial charge in [-0.05, 0) is 95.6 Å². The Labute approximate surface area is 249 Å². The first-order valence-electron chi connectivity index (χ1n) is 14.8. The van der Waals surface area contributed by atoms with Crippen molar-refractivity contribution in [3.05, 3.63) is 23.8 Å². The lowest BCUT2D eigenvalue weighted by Crippen LogP contribution is -2.57. The van der Waals surface area contributed by atoms with Crippen molar-refractivity contribution in [2.75, 3.05) is 0 Å². The van der Waals surface area contributed by atoms with E-state index in [1.54, 1.807) is 41.5 Å². The molecule has 0 saturated heterocycles. The van der Waals surface area contributed by atoms with Crippen LogP contribution in [0.4, 0.5) is 9.59 Å². The molecule has 2 aliphatic carbocycles. The Bertz CT molecular complexity index is 1180. The predicted molar refractivity (Wildman–Crippen MR) is 161 cm³/mol. The first-order chi connectivity index (χ1) is 19.1. The molecule has 234 valence electrons. The molecule has 1 aromatic rings. The highest BCUT2D eigenvalue weighted by molar-refractivity contribution is 6.02. The van der Waals surface area contributed by atoms with Crippen molar-refractivity contribution in [3.8, 4) is 11.5 Å². The van der Waals surface area contributed by atoms with Gasteiger partial charge in [0.15, 0.2) is 5.78 Å². The fourth-order valence-corrected chi connectivity index (χ4v) is 7.09. The lowest BCUT2D eigenvalue weighted by Gasteiger charge is -2.59. The molecule has 0 spiro atoms. The van der Waals surface area contributed by atoms with Crippen LogP contribution in [0.2, 0.25) is 0 Å². The molecule has 2 fully saturated rings. The van der Waals surface area contributed by atoms with E-state index in [9.17, 15) is 24.6 Å². The number of nitrogens with one attached hydrogen (secondary N) is 2. The van der Waals surface area contributed by atoms with Gasteiger partial charge in [-0.3, -0.25) is 15.4 Å². The van der Waals surface area contributed by atoms with Crippen LogP contribution in [0.15, 0.2) is 23.2 Å². The smallest absolute Gasteiger partial charge is 0.414 e. The molecule has 0 aromatic heterocycles. The summed E-state index contributed by atoms with van der Waals surface area (Å²) in [5, 5.41) is 25.5. The number of nitrogens with zero attached hydrogens (tertiary/aromatic N) is 1. The standard InChI is InChI=1S/C32H49N3O7/c1-18-22(33-26(34-27(39)41-29(2,3)4)35-28(40)42-30(5,6)7)17-23-31(8,9)12-11-13-32(23,10)24(18)25(38)19-14-20(36)16-21(37)15-19/h14-16,18,22-24,36-37H,11-13,17H2,1-10H3,(H2,33,34,35,39,40). The summed E-state index contributed by atoms with van der Waals surface area (Å²) in [6, 6.07) is 3.50. The minimum absolute atomic E-state index is 0.0906. The summed E-state index contributed by atoms with van der Waals surface area (Å²) in [5.41, 5.74) is -1.80. The Morgan fingerprint density at radius 1 is 0.881 bits per heavy atom. The van der Waals surface area contributed by atoms with E-state index < -0.39 is 35.3 Å². The average molecular weight is 588 g/mol. The summed E-state index contributed by atoms with van der Waals surface area (Å²) in [4.78, 5) is 44.6. The maximum Gasteiger partial charge on any atom is 0.414 e. The number of ketones is 1. The second kappa shape index (κ2) is 11.8. The molecular weight excluding hydrogens is 538 g/mol. The van der Waals surface area contributed by atoms with Crippen LogP contribution >= 0.6 is 0 Å². The number of benzene rings is 1. The second-order valence-electron chi connectivity index (χ2n) is 14.9. The largest absolute Gasteiger partial charge is 0.508 e. The number of alkyl carbamates (subject to hydrolysis) is 2. The predicted octanol–water partition coefficient (Wildman–Crippen LogP) is 6.54. The van der Waals surface area contributed by atoms with Crippen LogP contribution in [-0.2, 0) is 9.47 Å². The molecule has 2 saturated carbocycles.